The van der Waals surface area contributed by atoms with Gasteiger partial charge in [-0.25, -0.2) is 14.4 Å². The van der Waals surface area contributed by atoms with E-state index in [1.807, 2.05) is 12.1 Å². The Morgan fingerprint density at radius 1 is 1.00 bits per heavy atom. The molecule has 3 rings (SSSR count). The Balaban J connectivity index is 1.56. The van der Waals surface area contributed by atoms with Crippen LogP contribution in [0.4, 0.5) is 10.3 Å². The molecule has 0 saturated carbocycles. The number of hydrogen-bond acceptors (Lipinski definition) is 5. The van der Waals surface area contributed by atoms with E-state index in [1.165, 1.54) is 11.6 Å². The molecule has 6 heteroatoms. The Hall–Kier alpha value is -2.83. The molecule has 0 saturated heterocycles. The van der Waals surface area contributed by atoms with E-state index >= 15 is 0 Å². The van der Waals surface area contributed by atoms with E-state index in [2.05, 4.69) is 63.7 Å². The number of benzene rings is 2. The van der Waals surface area contributed by atoms with Crippen LogP contribution in [-0.4, -0.2) is 48.1 Å². The Labute approximate surface area is 184 Å². The quantitative estimate of drug-likeness (QED) is 0.426. The monoisotopic (exact) mass is 421 g/mol. The lowest BCUT2D eigenvalue weighted by Crippen LogP contribution is -2.23. The van der Waals surface area contributed by atoms with Crippen LogP contribution in [0.5, 0.6) is 0 Å². The average molecular weight is 422 g/mol. The summed E-state index contributed by atoms with van der Waals surface area (Å²) in [5.41, 5.74) is 4.18. The van der Waals surface area contributed by atoms with Crippen LogP contribution >= 0.6 is 0 Å². The molecule has 0 radical (unpaired) electrons. The minimum absolute atomic E-state index is 0.209. The molecule has 31 heavy (non-hydrogen) atoms. The Morgan fingerprint density at radius 2 is 1.84 bits per heavy atom. The molecule has 2 N–H and O–H groups in total. The number of hydrogen-bond donors (Lipinski definition) is 2. The zero-order valence-electron chi connectivity index (χ0n) is 18.4. The van der Waals surface area contributed by atoms with Crippen molar-refractivity contribution in [2.75, 3.05) is 38.5 Å². The first-order chi connectivity index (χ1) is 15.1. The molecule has 0 bridgehead atoms. The first-order valence-corrected chi connectivity index (χ1v) is 10.9. The Morgan fingerprint density at radius 3 is 2.68 bits per heavy atom. The summed E-state index contributed by atoms with van der Waals surface area (Å²) in [4.78, 5) is 11.3. The van der Waals surface area contributed by atoms with Gasteiger partial charge in [-0.3, -0.25) is 0 Å². The second kappa shape index (κ2) is 12.1. The molecule has 0 aliphatic rings. The van der Waals surface area contributed by atoms with Gasteiger partial charge < -0.3 is 15.5 Å². The zero-order valence-corrected chi connectivity index (χ0v) is 18.4. The molecule has 164 valence electrons. The van der Waals surface area contributed by atoms with E-state index in [9.17, 15) is 4.39 Å². The molecule has 0 spiro atoms. The van der Waals surface area contributed by atoms with Gasteiger partial charge in [0, 0.05) is 24.8 Å². The third-order valence-corrected chi connectivity index (χ3v) is 5.06. The van der Waals surface area contributed by atoms with Gasteiger partial charge in [0.1, 0.15) is 5.82 Å². The fraction of sp³-hybridized carbons (Fsp3) is 0.360. The van der Waals surface area contributed by atoms with Crippen LogP contribution in [0, 0.1) is 5.82 Å². The Kier molecular flexibility index (Phi) is 8.94. The van der Waals surface area contributed by atoms with Gasteiger partial charge in [0.15, 0.2) is 0 Å². The van der Waals surface area contributed by atoms with Gasteiger partial charge in [-0.05, 0) is 74.9 Å². The van der Waals surface area contributed by atoms with Gasteiger partial charge in [-0.1, -0.05) is 37.3 Å². The third kappa shape index (κ3) is 7.74. The first kappa shape index (κ1) is 22.8. The maximum atomic E-state index is 13.3. The van der Waals surface area contributed by atoms with E-state index in [0.29, 0.717) is 18.9 Å². The summed E-state index contributed by atoms with van der Waals surface area (Å²) in [7, 11) is 2.16. The minimum Gasteiger partial charge on any atom is -0.354 e. The molecule has 3 aromatic rings. The molecular weight excluding hydrogens is 389 g/mol. The lowest BCUT2D eigenvalue weighted by Gasteiger charge is -2.17. The van der Waals surface area contributed by atoms with Gasteiger partial charge in [-0.2, -0.15) is 0 Å². The Bertz CT molecular complexity index is 946. The van der Waals surface area contributed by atoms with Crippen molar-refractivity contribution in [2.24, 2.45) is 0 Å². The molecular formula is C25H32FN5. The zero-order chi connectivity index (χ0) is 21.9. The van der Waals surface area contributed by atoms with Crippen LogP contribution in [0.15, 0.2) is 60.8 Å². The number of anilines is 1. The normalized spacial score (nSPS) is 11.1. The van der Waals surface area contributed by atoms with Crippen molar-refractivity contribution in [3.63, 3.8) is 0 Å². The van der Waals surface area contributed by atoms with E-state index in [0.717, 1.165) is 49.4 Å². The summed E-state index contributed by atoms with van der Waals surface area (Å²) in [5, 5.41) is 6.61. The smallest absolute Gasteiger partial charge is 0.223 e. The van der Waals surface area contributed by atoms with Crippen LogP contribution in [-0.2, 0) is 13.0 Å². The second-order valence-corrected chi connectivity index (χ2v) is 7.72. The largest absolute Gasteiger partial charge is 0.354 e. The summed E-state index contributed by atoms with van der Waals surface area (Å²) in [6, 6.07) is 17.1. The molecule has 0 fully saturated rings. The molecule has 2 aromatic carbocycles. The highest BCUT2D eigenvalue weighted by atomic mass is 19.1. The SMILES string of the molecule is CCNCCCN(C)Cc1cccc(-c2ccnc(NCCc3cccc(F)c3)n2)c1. The van der Waals surface area contributed by atoms with Crippen LogP contribution in [0.1, 0.15) is 24.5 Å². The van der Waals surface area contributed by atoms with Crippen molar-refractivity contribution >= 4 is 5.95 Å². The molecule has 0 aliphatic carbocycles. The molecule has 5 nitrogen and oxygen atoms in total. The van der Waals surface area contributed by atoms with Crippen molar-refractivity contribution in [1.82, 2.24) is 20.2 Å². The molecule has 1 aromatic heterocycles. The summed E-state index contributed by atoms with van der Waals surface area (Å²) < 4.78 is 13.3. The highest BCUT2D eigenvalue weighted by Gasteiger charge is 2.06. The lowest BCUT2D eigenvalue weighted by molar-refractivity contribution is 0.320. The topological polar surface area (TPSA) is 53.1 Å². The number of halogens is 1. The van der Waals surface area contributed by atoms with Crippen molar-refractivity contribution in [3.8, 4) is 11.3 Å². The number of nitrogens with one attached hydrogen (secondary N) is 2. The van der Waals surface area contributed by atoms with Crippen LogP contribution in [0.3, 0.4) is 0 Å². The van der Waals surface area contributed by atoms with E-state index < -0.39 is 0 Å². The van der Waals surface area contributed by atoms with E-state index in [-0.39, 0.29) is 5.82 Å². The third-order valence-electron chi connectivity index (χ3n) is 5.06. The highest BCUT2D eigenvalue weighted by Crippen LogP contribution is 2.20. The van der Waals surface area contributed by atoms with Crippen LogP contribution in [0.2, 0.25) is 0 Å². The lowest BCUT2D eigenvalue weighted by atomic mass is 10.1. The van der Waals surface area contributed by atoms with Crippen molar-refractivity contribution < 1.29 is 4.39 Å². The number of rotatable bonds is 12. The van der Waals surface area contributed by atoms with Gasteiger partial charge in [0.2, 0.25) is 5.95 Å². The van der Waals surface area contributed by atoms with Crippen molar-refractivity contribution in [3.05, 3.63) is 77.7 Å². The van der Waals surface area contributed by atoms with Crippen LogP contribution < -0.4 is 10.6 Å². The molecule has 0 unspecified atom stereocenters. The first-order valence-electron chi connectivity index (χ1n) is 10.9. The molecule has 0 aliphatic heterocycles. The fourth-order valence-electron chi connectivity index (χ4n) is 3.49. The van der Waals surface area contributed by atoms with E-state index in [4.69, 9.17) is 0 Å². The maximum absolute atomic E-state index is 13.3. The predicted octanol–water partition coefficient (Wildman–Crippen LogP) is 4.37. The summed E-state index contributed by atoms with van der Waals surface area (Å²) in [6.45, 7) is 6.81. The van der Waals surface area contributed by atoms with Gasteiger partial charge in [-0.15, -0.1) is 0 Å². The van der Waals surface area contributed by atoms with Gasteiger partial charge in [0.05, 0.1) is 5.69 Å². The highest BCUT2D eigenvalue weighted by molar-refractivity contribution is 5.60. The van der Waals surface area contributed by atoms with Gasteiger partial charge >= 0.3 is 0 Å². The average Bonchev–Trinajstić information content (AvgIpc) is 2.77. The predicted molar refractivity (Wildman–Crippen MR) is 126 cm³/mol. The van der Waals surface area contributed by atoms with Crippen molar-refractivity contribution in [1.29, 1.82) is 0 Å². The summed E-state index contributed by atoms with van der Waals surface area (Å²) in [5.74, 6) is 0.374. The minimum atomic E-state index is -0.209. The second-order valence-electron chi connectivity index (χ2n) is 7.72. The maximum Gasteiger partial charge on any atom is 0.223 e. The fourth-order valence-corrected chi connectivity index (χ4v) is 3.49. The standard InChI is InChI=1S/C25H32FN5/c1-3-27-13-6-16-31(2)19-21-8-4-9-22(17-21)24-12-15-29-25(30-24)28-14-11-20-7-5-10-23(26)18-20/h4-5,7-10,12,15,17-18,27H,3,6,11,13-14,16,19H2,1-2H3,(H,28,29,30). The number of nitrogens with zero attached hydrogens (tertiary/aromatic N) is 3. The number of aromatic nitrogens is 2. The molecule has 0 atom stereocenters. The molecule has 0 amide bonds. The van der Waals surface area contributed by atoms with Crippen molar-refractivity contribution in [2.45, 2.75) is 26.3 Å². The van der Waals surface area contributed by atoms with E-state index in [1.54, 1.807) is 18.3 Å². The van der Waals surface area contributed by atoms with Gasteiger partial charge in [0.25, 0.3) is 0 Å². The summed E-state index contributed by atoms with van der Waals surface area (Å²) in [6.07, 6.45) is 3.62. The summed E-state index contributed by atoms with van der Waals surface area (Å²) >= 11 is 0. The molecule has 1 heterocycles. The van der Waals surface area contributed by atoms with Crippen LogP contribution in [0.25, 0.3) is 11.3 Å².